The number of carbonyl (C=O) groups excluding carboxylic acids is 4. The van der Waals surface area contributed by atoms with E-state index in [2.05, 4.69) is 96.6 Å². The number of nitrogens with one attached hydrogen (secondary N) is 8. The third kappa shape index (κ3) is 26.9. The Kier molecular flexibility index (Phi) is 31.0. The lowest BCUT2D eigenvalue weighted by Crippen LogP contribution is -2.18. The number of sulfonamides is 4. The molecule has 0 spiro atoms. The summed E-state index contributed by atoms with van der Waals surface area (Å²) in [6.45, 7) is 6.94. The number of anilines is 8. The SMILES string of the molecule is COc1nc(-c2nnn(C)c2NC(=O)O[C@H](C)c2ccccc2)ccc1NS(C)(=O)=O.COc1nc(-c2nnn(C)c2NC(=O)O[C@H](C)c2ccccc2Cl)ccc1NS(C)(=O)=O.C[C@@H](OC(=O)Nc1c(-c2ccc(NS(C)(=O)=O)c(Cl)n2)nnn1C)c1ccccc1.C[C@@H](OC(=O)Nc1c(-c2ccc(NS(C)(=O)=O)c(F)n2)nnn1C)c1ccccc1. The molecule has 49 heteroatoms. The Hall–Kier alpha value is -13.8. The first-order valence-electron chi connectivity index (χ1n) is 35.8. The molecule has 12 rings (SSSR count). The molecule has 8 heterocycles. The highest BCUT2D eigenvalue weighted by Crippen LogP contribution is 2.36. The molecule has 0 aliphatic carbocycles. The number of nitrogens with zero attached hydrogens (tertiary/aromatic N) is 16. The van der Waals surface area contributed by atoms with Gasteiger partial charge in [0.25, 0.3) is 0 Å². The summed E-state index contributed by atoms with van der Waals surface area (Å²) in [5.41, 5.74) is 5.09. The highest BCUT2D eigenvalue weighted by Gasteiger charge is 2.28. The van der Waals surface area contributed by atoms with Crippen molar-refractivity contribution in [1.82, 2.24) is 79.9 Å². The maximum atomic E-state index is 14.2. The van der Waals surface area contributed by atoms with Gasteiger partial charge in [-0.15, -0.1) is 20.4 Å². The molecule has 123 heavy (non-hydrogen) atoms. The molecule has 0 radical (unpaired) electrons. The van der Waals surface area contributed by atoms with Gasteiger partial charge in [0.1, 0.15) is 41.5 Å². The van der Waals surface area contributed by atoms with E-state index in [-0.39, 0.29) is 91.4 Å². The van der Waals surface area contributed by atoms with Crippen LogP contribution in [0.1, 0.15) is 74.4 Å². The number of hydrogen-bond acceptors (Lipinski definition) is 30. The van der Waals surface area contributed by atoms with Gasteiger partial charge in [-0.1, -0.05) is 153 Å². The van der Waals surface area contributed by atoms with E-state index in [4.69, 9.17) is 51.6 Å². The number of carbonyl (C=O) groups is 4. The van der Waals surface area contributed by atoms with Crippen LogP contribution >= 0.6 is 23.2 Å². The molecule has 4 aromatic carbocycles. The van der Waals surface area contributed by atoms with Gasteiger partial charge in [0.15, 0.2) is 51.2 Å². The van der Waals surface area contributed by atoms with Crippen molar-refractivity contribution in [3.05, 3.63) is 202 Å². The fourth-order valence-electron chi connectivity index (χ4n) is 10.8. The second-order valence-electron chi connectivity index (χ2n) is 26.2. The van der Waals surface area contributed by atoms with E-state index in [0.29, 0.717) is 27.7 Å². The van der Waals surface area contributed by atoms with Gasteiger partial charge in [-0.3, -0.25) is 40.2 Å². The van der Waals surface area contributed by atoms with Gasteiger partial charge in [-0.25, -0.2) is 91.5 Å². The summed E-state index contributed by atoms with van der Waals surface area (Å²) >= 11 is 12.2. The maximum Gasteiger partial charge on any atom is 0.413 e. The first-order chi connectivity index (χ1) is 58.0. The van der Waals surface area contributed by atoms with Gasteiger partial charge in [0.2, 0.25) is 57.8 Å². The fraction of sp³-hybridized carbons (Fsp3) is 0.243. The summed E-state index contributed by atoms with van der Waals surface area (Å²) in [7, 11) is -5.21. The first-order valence-corrected chi connectivity index (χ1v) is 44.1. The van der Waals surface area contributed by atoms with Crippen molar-refractivity contribution in [2.45, 2.75) is 52.1 Å². The normalized spacial score (nSPS) is 12.2. The predicted octanol–water partition coefficient (Wildman–Crippen LogP) is 11.7. The fourth-order valence-corrected chi connectivity index (χ4v) is 13.5. The van der Waals surface area contributed by atoms with E-state index in [1.165, 1.54) is 88.5 Å². The van der Waals surface area contributed by atoms with E-state index < -0.39 is 94.8 Å². The van der Waals surface area contributed by atoms with Crippen LogP contribution < -0.4 is 49.6 Å². The molecule has 0 aliphatic heterocycles. The quantitative estimate of drug-likeness (QED) is 0.0184. The number of benzene rings is 4. The summed E-state index contributed by atoms with van der Waals surface area (Å²) in [6.07, 6.45) is -0.995. The Morgan fingerprint density at radius 3 is 0.927 bits per heavy atom. The summed E-state index contributed by atoms with van der Waals surface area (Å²) in [6, 6.07) is 46.3. The maximum absolute atomic E-state index is 14.2. The van der Waals surface area contributed by atoms with Crippen molar-refractivity contribution >= 4 is 134 Å². The van der Waals surface area contributed by atoms with E-state index in [9.17, 15) is 57.2 Å². The monoisotopic (exact) mass is 1810 g/mol. The smallest absolute Gasteiger partial charge is 0.413 e. The van der Waals surface area contributed by atoms with Crippen molar-refractivity contribution in [1.29, 1.82) is 0 Å². The van der Waals surface area contributed by atoms with Crippen molar-refractivity contribution in [3.63, 3.8) is 0 Å². The Bertz CT molecular complexity index is 6080. The lowest BCUT2D eigenvalue weighted by molar-refractivity contribution is 0.120. The number of aryl methyl sites for hydroxylation is 4. The van der Waals surface area contributed by atoms with Gasteiger partial charge in [0, 0.05) is 38.8 Å². The van der Waals surface area contributed by atoms with Crippen LogP contribution in [0, 0.1) is 5.95 Å². The molecule has 0 bridgehead atoms. The molecule has 8 aromatic heterocycles. The standard InChI is InChI=1S/C19H21ClN6O5S.C19H22N6O5S.C18H19ClN6O4S.C18H19FN6O4S/c1-11(12-7-5-6-8-13(12)20)31-19(27)22-17-16(23-25-26(17)2)14-9-10-15(18(21-14)30-3)24-32(4,28)29;1-12(13-8-6-5-7-9-13)30-19(26)21-17-16(22-24-25(17)2)14-10-11-15(18(20-14)29-3)23-31(4,27)28;2*1-11(12-7-5-4-6-8-12)29-18(26)21-17-15(22-24-25(17)2)13-9-10-14(16(19)20-13)23-30(3,27)28/h5-11,24H,1-4H3,(H,22,27);5-12,23H,1-4H3,(H,21,26);2*4-11,23H,1-3H3,(H,21,26)/t11-;12-;2*11-/m1111/s1. The van der Waals surface area contributed by atoms with Crippen LogP contribution in [0.3, 0.4) is 0 Å². The van der Waals surface area contributed by atoms with Gasteiger partial charge in [-0.2, -0.15) is 4.39 Å². The average molecular weight is 1810 g/mol. The minimum atomic E-state index is -3.67. The third-order valence-corrected chi connectivity index (χ3v) is 19.4. The van der Waals surface area contributed by atoms with E-state index >= 15 is 0 Å². The number of halogens is 3. The van der Waals surface area contributed by atoms with Crippen LogP contribution in [0.2, 0.25) is 10.2 Å². The number of ether oxygens (including phenoxy) is 6. The Labute approximate surface area is 714 Å². The van der Waals surface area contributed by atoms with Crippen molar-refractivity contribution in [2.24, 2.45) is 28.2 Å². The zero-order chi connectivity index (χ0) is 89.8. The number of hydrogen-bond donors (Lipinski definition) is 8. The number of methoxy groups -OCH3 is 2. The lowest BCUT2D eigenvalue weighted by atomic mass is 10.1. The Morgan fingerprint density at radius 1 is 0.358 bits per heavy atom. The molecular weight excluding hydrogens is 1730 g/mol. The zero-order valence-electron chi connectivity index (χ0n) is 67.7. The lowest BCUT2D eigenvalue weighted by Gasteiger charge is -2.16. The minimum absolute atomic E-state index is 0.0273. The van der Waals surface area contributed by atoms with Gasteiger partial charge < -0.3 is 28.4 Å². The van der Waals surface area contributed by atoms with Crippen LogP contribution in [-0.4, -0.2) is 177 Å². The molecule has 0 fully saturated rings. The van der Waals surface area contributed by atoms with E-state index in [1.54, 1.807) is 73.1 Å². The van der Waals surface area contributed by atoms with Crippen molar-refractivity contribution < 1.29 is 85.7 Å². The Balaban J connectivity index is 0.000000186. The molecule has 8 N–H and O–H groups in total. The molecule has 650 valence electrons. The largest absolute Gasteiger partial charge is 0.479 e. The summed E-state index contributed by atoms with van der Waals surface area (Å²) in [5, 5.41) is 42.3. The Morgan fingerprint density at radius 2 is 0.626 bits per heavy atom. The summed E-state index contributed by atoms with van der Waals surface area (Å²) < 4.78 is 152. The zero-order valence-corrected chi connectivity index (χ0v) is 72.4. The number of rotatable bonds is 26. The number of aromatic nitrogens is 16. The molecule has 0 saturated carbocycles. The molecule has 0 unspecified atom stereocenters. The van der Waals surface area contributed by atoms with Gasteiger partial charge in [0.05, 0.1) is 67.7 Å². The van der Waals surface area contributed by atoms with Crippen molar-refractivity contribution in [3.8, 4) is 57.3 Å². The van der Waals surface area contributed by atoms with Gasteiger partial charge in [-0.05, 0) is 99.0 Å². The minimum Gasteiger partial charge on any atom is -0.479 e. The number of amides is 4. The molecule has 0 aliphatic rings. The molecule has 42 nitrogen and oxygen atoms in total. The van der Waals surface area contributed by atoms with Crippen molar-refractivity contribution in [2.75, 3.05) is 79.4 Å². The second-order valence-corrected chi connectivity index (χ2v) is 33.9. The number of pyridine rings is 4. The molecule has 4 amide bonds. The van der Waals surface area contributed by atoms with Crippen LogP contribution in [0.15, 0.2) is 164 Å². The second kappa shape index (κ2) is 41.0. The van der Waals surface area contributed by atoms with Crippen LogP contribution in [0.5, 0.6) is 11.8 Å². The van der Waals surface area contributed by atoms with E-state index in [0.717, 1.165) is 41.7 Å². The third-order valence-electron chi connectivity index (χ3n) is 16.4. The van der Waals surface area contributed by atoms with Crippen LogP contribution in [0.25, 0.3) is 45.6 Å². The van der Waals surface area contributed by atoms with Crippen LogP contribution in [-0.2, 0) is 87.2 Å². The first kappa shape index (κ1) is 93.1. The summed E-state index contributed by atoms with van der Waals surface area (Å²) in [5.74, 6) is -0.124. The predicted molar refractivity (Wildman–Crippen MR) is 454 cm³/mol. The average Bonchev–Trinajstić information content (AvgIpc) is 1.69. The van der Waals surface area contributed by atoms with E-state index in [1.807, 2.05) is 95.7 Å². The molecular formula is C74H81Cl2FN24O18S4. The highest BCUT2D eigenvalue weighted by molar-refractivity contribution is 7.92. The molecule has 12 aromatic rings. The van der Waals surface area contributed by atoms with Gasteiger partial charge >= 0.3 is 24.4 Å². The molecule has 0 saturated heterocycles. The topological polar surface area (TPSA) is 531 Å². The summed E-state index contributed by atoms with van der Waals surface area (Å²) in [4.78, 5) is 66.1. The highest BCUT2D eigenvalue weighted by atomic mass is 35.5. The molecule has 4 atom stereocenters. The van der Waals surface area contributed by atoms with Crippen LogP contribution in [0.4, 0.5) is 69.6 Å².